The van der Waals surface area contributed by atoms with Crippen molar-refractivity contribution >= 4 is 11.5 Å². The fraction of sp³-hybridized carbons (Fsp3) is 0.105. The molecule has 0 spiro atoms. The number of nitrogens with zero attached hydrogens (tertiary/aromatic N) is 3. The molecule has 6 heteroatoms. The minimum absolute atomic E-state index is 0.0692. The van der Waals surface area contributed by atoms with Gasteiger partial charge in [-0.15, -0.1) is 9.50 Å². The predicted octanol–water partition coefficient (Wildman–Crippen LogP) is 2.31. The van der Waals surface area contributed by atoms with Gasteiger partial charge in [0.05, 0.1) is 24.8 Å². The molecule has 0 aliphatic rings. The van der Waals surface area contributed by atoms with Crippen LogP contribution in [0.2, 0.25) is 0 Å². The molecular formula is C19H18N5O+. The summed E-state index contributed by atoms with van der Waals surface area (Å²) >= 11 is 0. The highest BCUT2D eigenvalue weighted by Crippen LogP contribution is 2.20. The maximum atomic E-state index is 9.58. The van der Waals surface area contributed by atoms with E-state index in [4.69, 9.17) is 4.98 Å². The van der Waals surface area contributed by atoms with E-state index >= 15 is 0 Å². The highest BCUT2D eigenvalue weighted by atomic mass is 16.3. The standard InChI is InChI=1S/C19H17N5O/c25-13-16-12-22-24-18(21-11-14-5-4-8-20-10-14)9-17(23-19(16)24)15-6-2-1-3-7-15/h1-10,12,25H,11,13H2,(H,21,22,23)/p+1. The van der Waals surface area contributed by atoms with E-state index in [2.05, 4.69) is 15.4 Å². The van der Waals surface area contributed by atoms with Crippen LogP contribution < -0.4 is 9.83 Å². The quantitative estimate of drug-likeness (QED) is 0.490. The van der Waals surface area contributed by atoms with E-state index in [1.165, 1.54) is 0 Å². The van der Waals surface area contributed by atoms with Crippen LogP contribution in [0.25, 0.3) is 16.9 Å². The van der Waals surface area contributed by atoms with Gasteiger partial charge in [-0.05, 0) is 6.07 Å². The molecule has 0 saturated heterocycles. The monoisotopic (exact) mass is 332 g/mol. The second-order valence-electron chi connectivity index (χ2n) is 5.72. The average molecular weight is 332 g/mol. The number of aromatic amines is 1. The van der Waals surface area contributed by atoms with Crippen LogP contribution in [-0.4, -0.2) is 20.2 Å². The fourth-order valence-electron chi connectivity index (χ4n) is 2.76. The molecule has 0 atom stereocenters. The molecule has 25 heavy (non-hydrogen) atoms. The molecular weight excluding hydrogens is 314 g/mol. The molecule has 0 fully saturated rings. The molecule has 0 bridgehead atoms. The van der Waals surface area contributed by atoms with Gasteiger partial charge in [0.15, 0.2) is 5.69 Å². The lowest BCUT2D eigenvalue weighted by atomic mass is 10.1. The van der Waals surface area contributed by atoms with Crippen molar-refractivity contribution in [2.75, 3.05) is 5.32 Å². The Balaban J connectivity index is 1.77. The number of hydrogen-bond acceptors (Lipinski definition) is 4. The molecule has 0 unspecified atom stereocenters. The van der Waals surface area contributed by atoms with Crippen LogP contribution in [0.15, 0.2) is 67.1 Å². The van der Waals surface area contributed by atoms with E-state index in [9.17, 15) is 5.11 Å². The van der Waals surface area contributed by atoms with E-state index in [-0.39, 0.29) is 6.61 Å². The molecule has 0 radical (unpaired) electrons. The fourth-order valence-corrected chi connectivity index (χ4v) is 2.76. The first-order chi connectivity index (χ1) is 12.3. The molecule has 0 aliphatic heterocycles. The number of aliphatic hydroxyl groups excluding tert-OH is 1. The van der Waals surface area contributed by atoms with Gasteiger partial charge in [0.2, 0.25) is 5.82 Å². The average Bonchev–Trinajstić information content (AvgIpc) is 3.11. The van der Waals surface area contributed by atoms with Crippen LogP contribution >= 0.6 is 0 Å². The normalized spacial score (nSPS) is 10.9. The highest BCUT2D eigenvalue weighted by Gasteiger charge is 2.18. The Kier molecular flexibility index (Phi) is 4.10. The predicted molar refractivity (Wildman–Crippen MR) is 94.7 cm³/mol. The Hall–Kier alpha value is -3.25. The number of rotatable bonds is 5. The first kappa shape index (κ1) is 15.3. The molecule has 0 saturated carbocycles. The largest absolute Gasteiger partial charge is 0.391 e. The summed E-state index contributed by atoms with van der Waals surface area (Å²) in [5.41, 5.74) is 4.42. The zero-order valence-corrected chi connectivity index (χ0v) is 13.6. The Morgan fingerprint density at radius 1 is 1.12 bits per heavy atom. The first-order valence-corrected chi connectivity index (χ1v) is 8.07. The van der Waals surface area contributed by atoms with Gasteiger partial charge in [0, 0.05) is 29.7 Å². The third-order valence-electron chi connectivity index (χ3n) is 4.04. The van der Waals surface area contributed by atoms with Gasteiger partial charge in [-0.1, -0.05) is 36.4 Å². The number of benzene rings is 1. The molecule has 3 aromatic heterocycles. The molecule has 1 aromatic carbocycles. The summed E-state index contributed by atoms with van der Waals surface area (Å²) in [6, 6.07) is 15.9. The van der Waals surface area contributed by atoms with Gasteiger partial charge in [-0.3, -0.25) is 15.4 Å². The van der Waals surface area contributed by atoms with Crippen LogP contribution in [0, 0.1) is 0 Å². The Bertz CT molecular complexity index is 983. The molecule has 124 valence electrons. The third kappa shape index (κ3) is 3.07. The second kappa shape index (κ2) is 6.70. The Morgan fingerprint density at radius 2 is 2.00 bits per heavy atom. The number of anilines is 1. The Labute approximate surface area is 144 Å². The summed E-state index contributed by atoms with van der Waals surface area (Å²) in [6.45, 7) is 0.571. The number of fused-ring (bicyclic) bond motifs is 1. The van der Waals surface area contributed by atoms with Crippen molar-refractivity contribution in [3.63, 3.8) is 0 Å². The van der Waals surface area contributed by atoms with Crippen LogP contribution in [-0.2, 0) is 13.2 Å². The molecule has 4 aromatic rings. The number of aromatic nitrogens is 4. The summed E-state index contributed by atoms with van der Waals surface area (Å²) in [6.07, 6.45) is 5.36. The van der Waals surface area contributed by atoms with E-state index in [0.717, 1.165) is 28.2 Å². The second-order valence-corrected chi connectivity index (χ2v) is 5.72. The lowest BCUT2D eigenvalue weighted by molar-refractivity contribution is -0.564. The van der Waals surface area contributed by atoms with Crippen molar-refractivity contribution in [2.45, 2.75) is 13.2 Å². The number of H-pyrrole nitrogens is 1. The molecule has 3 N–H and O–H groups in total. The SMILES string of the molecule is OCc1c[nH][n+]2c(NCc3cccnc3)cc(-c3ccccc3)nc12. The van der Waals surface area contributed by atoms with Crippen molar-refractivity contribution in [2.24, 2.45) is 0 Å². The van der Waals surface area contributed by atoms with Gasteiger partial charge in [-0.2, -0.15) is 0 Å². The summed E-state index contributed by atoms with van der Waals surface area (Å²) < 4.78 is 1.84. The number of nitrogens with one attached hydrogen (secondary N) is 2. The van der Waals surface area contributed by atoms with Gasteiger partial charge in [0.1, 0.15) is 0 Å². The van der Waals surface area contributed by atoms with E-state index in [1.807, 2.05) is 59.2 Å². The zero-order chi connectivity index (χ0) is 17.1. The maximum absolute atomic E-state index is 9.58. The Morgan fingerprint density at radius 3 is 2.76 bits per heavy atom. The van der Waals surface area contributed by atoms with Crippen molar-refractivity contribution in [1.29, 1.82) is 0 Å². The van der Waals surface area contributed by atoms with Gasteiger partial charge in [0.25, 0.3) is 5.65 Å². The minimum Gasteiger partial charge on any atom is -0.391 e. The van der Waals surface area contributed by atoms with Gasteiger partial charge >= 0.3 is 0 Å². The highest BCUT2D eigenvalue weighted by molar-refractivity contribution is 5.64. The number of hydrogen-bond donors (Lipinski definition) is 3. The topological polar surface area (TPSA) is 77.9 Å². The summed E-state index contributed by atoms with van der Waals surface area (Å²) in [5.74, 6) is 0.868. The maximum Gasteiger partial charge on any atom is 0.292 e. The van der Waals surface area contributed by atoms with Gasteiger partial charge < -0.3 is 5.11 Å². The van der Waals surface area contributed by atoms with Gasteiger partial charge in [-0.25, -0.2) is 0 Å². The third-order valence-corrected chi connectivity index (χ3v) is 4.04. The summed E-state index contributed by atoms with van der Waals surface area (Å²) in [4.78, 5) is 8.85. The lowest BCUT2D eigenvalue weighted by Crippen LogP contribution is -2.29. The van der Waals surface area contributed by atoms with E-state index in [1.54, 1.807) is 12.4 Å². The lowest BCUT2D eigenvalue weighted by Gasteiger charge is -2.05. The smallest absolute Gasteiger partial charge is 0.292 e. The van der Waals surface area contributed by atoms with Crippen molar-refractivity contribution in [3.05, 3.63) is 78.2 Å². The molecule has 4 rings (SSSR count). The summed E-state index contributed by atoms with van der Waals surface area (Å²) in [5, 5.41) is 16.1. The van der Waals surface area contributed by atoms with E-state index < -0.39 is 0 Å². The van der Waals surface area contributed by atoms with Crippen LogP contribution in [0.5, 0.6) is 0 Å². The zero-order valence-electron chi connectivity index (χ0n) is 13.6. The number of aliphatic hydroxyl groups is 1. The van der Waals surface area contributed by atoms with Crippen LogP contribution in [0.3, 0.4) is 0 Å². The van der Waals surface area contributed by atoms with Crippen molar-refractivity contribution < 1.29 is 9.62 Å². The van der Waals surface area contributed by atoms with Crippen molar-refractivity contribution in [1.82, 2.24) is 15.1 Å². The molecule has 6 nitrogen and oxygen atoms in total. The summed E-state index contributed by atoms with van der Waals surface area (Å²) in [7, 11) is 0. The number of pyridine rings is 1. The molecule has 0 amide bonds. The minimum atomic E-state index is -0.0692. The van der Waals surface area contributed by atoms with Crippen LogP contribution in [0.1, 0.15) is 11.1 Å². The van der Waals surface area contributed by atoms with E-state index in [0.29, 0.717) is 12.2 Å². The van der Waals surface area contributed by atoms with Crippen LogP contribution in [0.4, 0.5) is 5.82 Å². The molecule has 3 heterocycles. The molecule has 0 aliphatic carbocycles. The van der Waals surface area contributed by atoms with Crippen molar-refractivity contribution in [3.8, 4) is 11.3 Å². The first-order valence-electron chi connectivity index (χ1n) is 8.07.